The molecule has 0 radical (unpaired) electrons. The SMILES string of the molecule is COC(=O)c1ccc(-c2nc(C)nc3[nH]c4cc(-c5c(C)noc5C)c(OC)cc4c23)c2ccccc12. The highest BCUT2D eigenvalue weighted by Gasteiger charge is 2.22. The lowest BCUT2D eigenvalue weighted by molar-refractivity contribution is 0.0603. The molecule has 3 aromatic carbocycles. The molecule has 0 amide bonds. The van der Waals surface area contributed by atoms with Crippen molar-refractivity contribution in [1.29, 1.82) is 0 Å². The summed E-state index contributed by atoms with van der Waals surface area (Å²) in [6.07, 6.45) is 0. The van der Waals surface area contributed by atoms with Gasteiger partial charge in [0, 0.05) is 22.0 Å². The number of methoxy groups -OCH3 is 2. The Bertz CT molecular complexity index is 1850. The third kappa shape index (κ3) is 3.44. The molecule has 8 heteroatoms. The average Bonchev–Trinajstić information content (AvgIpc) is 3.43. The average molecular weight is 493 g/mol. The number of fused-ring (bicyclic) bond motifs is 4. The van der Waals surface area contributed by atoms with Gasteiger partial charge in [0.25, 0.3) is 0 Å². The molecule has 0 spiro atoms. The van der Waals surface area contributed by atoms with Crippen molar-refractivity contribution in [3.63, 3.8) is 0 Å². The summed E-state index contributed by atoms with van der Waals surface area (Å²) in [4.78, 5) is 25.5. The number of rotatable bonds is 4. The van der Waals surface area contributed by atoms with Crippen LogP contribution in [0, 0.1) is 20.8 Å². The molecule has 1 N–H and O–H groups in total. The summed E-state index contributed by atoms with van der Waals surface area (Å²) < 4.78 is 16.3. The molecule has 6 rings (SSSR count). The molecule has 0 saturated heterocycles. The number of nitrogens with zero attached hydrogens (tertiary/aromatic N) is 3. The van der Waals surface area contributed by atoms with Gasteiger partial charge in [-0.05, 0) is 49.7 Å². The topological polar surface area (TPSA) is 103 Å². The Morgan fingerprint density at radius 3 is 2.41 bits per heavy atom. The summed E-state index contributed by atoms with van der Waals surface area (Å²) in [5.74, 6) is 1.67. The van der Waals surface area contributed by atoms with Crippen molar-refractivity contribution in [2.75, 3.05) is 14.2 Å². The van der Waals surface area contributed by atoms with Crippen LogP contribution in [0.15, 0.2) is 53.1 Å². The summed E-state index contributed by atoms with van der Waals surface area (Å²) in [5, 5.41) is 7.62. The van der Waals surface area contributed by atoms with E-state index in [-0.39, 0.29) is 5.97 Å². The number of aryl methyl sites for hydroxylation is 3. The number of carbonyl (C=O) groups excluding carboxylic acids is 1. The van der Waals surface area contributed by atoms with E-state index in [2.05, 4.69) is 10.1 Å². The number of aromatic nitrogens is 4. The Balaban J connectivity index is 1.68. The number of H-pyrrole nitrogens is 1. The second kappa shape index (κ2) is 8.44. The second-order valence-electron chi connectivity index (χ2n) is 8.96. The van der Waals surface area contributed by atoms with Gasteiger partial charge in [0.05, 0.1) is 42.1 Å². The number of ether oxygens (including phenoxy) is 2. The Hall–Kier alpha value is -4.72. The molecule has 3 heterocycles. The molecule has 0 aliphatic heterocycles. The molecule has 0 aliphatic carbocycles. The fourth-order valence-corrected chi connectivity index (χ4v) is 5.16. The quantitative estimate of drug-likeness (QED) is 0.288. The molecular formula is C29H24N4O4. The first kappa shape index (κ1) is 22.7. The minimum atomic E-state index is -0.379. The molecular weight excluding hydrogens is 468 g/mol. The zero-order chi connectivity index (χ0) is 25.8. The van der Waals surface area contributed by atoms with Gasteiger partial charge >= 0.3 is 5.97 Å². The van der Waals surface area contributed by atoms with Crippen LogP contribution in [0.2, 0.25) is 0 Å². The number of esters is 1. The van der Waals surface area contributed by atoms with E-state index in [1.807, 2.05) is 63.2 Å². The van der Waals surface area contributed by atoms with Crippen LogP contribution in [0.4, 0.5) is 0 Å². The maximum absolute atomic E-state index is 12.4. The first-order valence-electron chi connectivity index (χ1n) is 11.8. The van der Waals surface area contributed by atoms with Crippen LogP contribution < -0.4 is 4.74 Å². The summed E-state index contributed by atoms with van der Waals surface area (Å²) in [6, 6.07) is 15.5. The Kier molecular flexibility index (Phi) is 5.19. The molecule has 6 aromatic rings. The fourth-order valence-electron chi connectivity index (χ4n) is 5.16. The van der Waals surface area contributed by atoms with Crippen molar-refractivity contribution in [3.8, 4) is 28.1 Å². The first-order chi connectivity index (χ1) is 17.9. The van der Waals surface area contributed by atoms with Crippen LogP contribution >= 0.6 is 0 Å². The van der Waals surface area contributed by atoms with E-state index in [0.717, 1.165) is 66.5 Å². The minimum Gasteiger partial charge on any atom is -0.496 e. The van der Waals surface area contributed by atoms with Crippen molar-refractivity contribution in [2.24, 2.45) is 0 Å². The van der Waals surface area contributed by atoms with Crippen molar-refractivity contribution < 1.29 is 18.8 Å². The van der Waals surface area contributed by atoms with Gasteiger partial charge in [0.1, 0.15) is 23.0 Å². The molecule has 184 valence electrons. The van der Waals surface area contributed by atoms with Gasteiger partial charge < -0.3 is 19.0 Å². The van der Waals surface area contributed by atoms with Crippen molar-refractivity contribution in [2.45, 2.75) is 20.8 Å². The third-order valence-electron chi connectivity index (χ3n) is 6.77. The summed E-state index contributed by atoms with van der Waals surface area (Å²) in [6.45, 7) is 5.67. The zero-order valence-electron chi connectivity index (χ0n) is 21.1. The second-order valence-corrected chi connectivity index (χ2v) is 8.96. The number of hydrogen-bond acceptors (Lipinski definition) is 7. The zero-order valence-corrected chi connectivity index (χ0v) is 21.1. The van der Waals surface area contributed by atoms with Crippen LogP contribution in [0.3, 0.4) is 0 Å². The van der Waals surface area contributed by atoms with Gasteiger partial charge in [-0.15, -0.1) is 0 Å². The lowest BCUT2D eigenvalue weighted by atomic mass is 9.95. The van der Waals surface area contributed by atoms with Crippen LogP contribution in [-0.2, 0) is 4.74 Å². The Morgan fingerprint density at radius 1 is 0.919 bits per heavy atom. The van der Waals surface area contributed by atoms with Crippen LogP contribution in [0.1, 0.15) is 27.6 Å². The molecule has 3 aromatic heterocycles. The lowest BCUT2D eigenvalue weighted by Crippen LogP contribution is -2.03. The largest absolute Gasteiger partial charge is 0.496 e. The van der Waals surface area contributed by atoms with Gasteiger partial charge in [0.2, 0.25) is 0 Å². The number of aromatic amines is 1. The smallest absolute Gasteiger partial charge is 0.338 e. The predicted octanol–water partition coefficient (Wildman–Crippen LogP) is 6.31. The van der Waals surface area contributed by atoms with Crippen molar-refractivity contribution in [1.82, 2.24) is 20.1 Å². The molecule has 0 saturated carbocycles. The van der Waals surface area contributed by atoms with E-state index >= 15 is 0 Å². The number of hydrogen-bond donors (Lipinski definition) is 1. The standard InChI is InChI=1S/C29H24N4O4/c1-14-25(15(2)37-33-14)22-12-23-21(13-24(22)35-4)26-27(30-16(3)31-28(26)32-23)19-10-11-20(29(34)36-5)18-9-7-6-8-17(18)19/h6-13H,1-5H3,(H,30,31,32). The molecule has 8 nitrogen and oxygen atoms in total. The van der Waals surface area contributed by atoms with Crippen molar-refractivity contribution >= 4 is 38.7 Å². The van der Waals surface area contributed by atoms with Gasteiger partial charge in [-0.2, -0.15) is 0 Å². The van der Waals surface area contributed by atoms with Crippen LogP contribution in [0.25, 0.3) is 55.1 Å². The number of benzene rings is 3. The monoisotopic (exact) mass is 492 g/mol. The highest BCUT2D eigenvalue weighted by atomic mass is 16.5. The highest BCUT2D eigenvalue weighted by Crippen LogP contribution is 2.42. The van der Waals surface area contributed by atoms with E-state index in [1.54, 1.807) is 13.2 Å². The molecule has 0 aliphatic rings. The van der Waals surface area contributed by atoms with Gasteiger partial charge in [-0.25, -0.2) is 14.8 Å². The molecule has 37 heavy (non-hydrogen) atoms. The number of carbonyl (C=O) groups is 1. The van der Waals surface area contributed by atoms with E-state index in [0.29, 0.717) is 17.1 Å². The van der Waals surface area contributed by atoms with Crippen LogP contribution in [0.5, 0.6) is 5.75 Å². The maximum Gasteiger partial charge on any atom is 0.338 e. The summed E-state index contributed by atoms with van der Waals surface area (Å²) >= 11 is 0. The molecule has 0 unspecified atom stereocenters. The normalized spacial score (nSPS) is 11.5. The lowest BCUT2D eigenvalue weighted by Gasteiger charge is -2.12. The summed E-state index contributed by atoms with van der Waals surface area (Å²) in [5.41, 5.74) is 6.37. The van der Waals surface area contributed by atoms with E-state index in [1.165, 1.54) is 7.11 Å². The molecule has 0 atom stereocenters. The predicted molar refractivity (Wildman–Crippen MR) is 142 cm³/mol. The van der Waals surface area contributed by atoms with Crippen LogP contribution in [-0.4, -0.2) is 40.3 Å². The molecule has 0 fully saturated rings. The van der Waals surface area contributed by atoms with Gasteiger partial charge in [-0.1, -0.05) is 35.5 Å². The van der Waals surface area contributed by atoms with Crippen molar-refractivity contribution in [3.05, 3.63) is 71.4 Å². The Labute approximate surface area is 212 Å². The van der Waals surface area contributed by atoms with E-state index in [4.69, 9.17) is 24.0 Å². The minimum absolute atomic E-state index is 0.379. The van der Waals surface area contributed by atoms with Gasteiger partial charge in [-0.3, -0.25) is 0 Å². The van der Waals surface area contributed by atoms with E-state index < -0.39 is 0 Å². The van der Waals surface area contributed by atoms with E-state index in [9.17, 15) is 4.79 Å². The first-order valence-corrected chi connectivity index (χ1v) is 11.8. The number of nitrogens with one attached hydrogen (secondary N) is 1. The third-order valence-corrected chi connectivity index (χ3v) is 6.77. The van der Waals surface area contributed by atoms with Gasteiger partial charge in [0.15, 0.2) is 0 Å². The summed E-state index contributed by atoms with van der Waals surface area (Å²) in [7, 11) is 3.04. The fraction of sp³-hybridized carbons (Fsp3) is 0.172. The highest BCUT2D eigenvalue weighted by molar-refractivity contribution is 6.17. The molecule has 0 bridgehead atoms. The Morgan fingerprint density at radius 2 is 1.70 bits per heavy atom. The maximum atomic E-state index is 12.4.